The highest BCUT2D eigenvalue weighted by Gasteiger charge is 2.43. The molecule has 0 N–H and O–H groups in total. The molecule has 30 heavy (non-hydrogen) atoms. The lowest BCUT2D eigenvalue weighted by atomic mass is 10.2. The largest absolute Gasteiger partial charge is 0.339 e. The van der Waals surface area contributed by atoms with E-state index in [9.17, 15) is 14.0 Å². The monoisotopic (exact) mass is 438 g/mol. The van der Waals surface area contributed by atoms with Gasteiger partial charge in [0.1, 0.15) is 16.4 Å². The Morgan fingerprint density at radius 3 is 2.17 bits per heavy atom. The van der Waals surface area contributed by atoms with Gasteiger partial charge in [-0.05, 0) is 48.5 Å². The van der Waals surface area contributed by atoms with E-state index in [1.165, 1.54) is 18.2 Å². The molecule has 0 aliphatic carbocycles. The Bertz CT molecular complexity index is 1150. The van der Waals surface area contributed by atoms with Crippen molar-refractivity contribution in [3.8, 4) is 0 Å². The molecule has 0 bridgehead atoms. The maximum Gasteiger partial charge on any atom is 0.283 e. The molecule has 0 saturated carbocycles. The van der Waals surface area contributed by atoms with Crippen molar-refractivity contribution < 1.29 is 14.0 Å². The van der Waals surface area contributed by atoms with Crippen LogP contribution in [0.15, 0.2) is 94.4 Å². The van der Waals surface area contributed by atoms with Crippen LogP contribution in [0, 0.1) is 5.82 Å². The van der Waals surface area contributed by atoms with Crippen molar-refractivity contribution >= 4 is 46.6 Å². The molecule has 1 aliphatic rings. The number of rotatable bonds is 5. The van der Waals surface area contributed by atoms with E-state index in [0.717, 1.165) is 27.2 Å². The first kappa shape index (κ1) is 20.2. The highest BCUT2D eigenvalue weighted by atomic mass is 35.5. The number of hydrogen-bond donors (Lipinski definition) is 0. The number of carbonyl (C=O) groups excluding carboxylic acids is 2. The summed E-state index contributed by atoms with van der Waals surface area (Å²) in [6, 6.07) is 21.9. The molecule has 2 amide bonds. The van der Waals surface area contributed by atoms with E-state index in [1.807, 2.05) is 30.3 Å². The average molecular weight is 439 g/mol. The molecular weight excluding hydrogens is 423 g/mol. The van der Waals surface area contributed by atoms with Gasteiger partial charge in [0.2, 0.25) is 0 Å². The van der Waals surface area contributed by atoms with Gasteiger partial charge in [-0.15, -0.1) is 0 Å². The van der Waals surface area contributed by atoms with Crippen LogP contribution in [0.5, 0.6) is 0 Å². The highest BCUT2D eigenvalue weighted by Crippen LogP contribution is 2.40. The van der Waals surface area contributed by atoms with Crippen LogP contribution in [-0.2, 0) is 9.59 Å². The number of benzene rings is 3. The van der Waals surface area contributed by atoms with Crippen LogP contribution in [0.25, 0.3) is 0 Å². The zero-order valence-electron chi connectivity index (χ0n) is 15.9. The van der Waals surface area contributed by atoms with Gasteiger partial charge in [0.05, 0.1) is 5.69 Å². The molecule has 4 nitrogen and oxygen atoms in total. The number of imide groups is 1. The molecule has 3 aromatic rings. The second-order valence-corrected chi connectivity index (χ2v) is 8.05. The number of amides is 2. The summed E-state index contributed by atoms with van der Waals surface area (Å²) in [6.07, 6.45) is 0. The minimum Gasteiger partial charge on any atom is -0.339 e. The highest BCUT2D eigenvalue weighted by molar-refractivity contribution is 8.04. The summed E-state index contributed by atoms with van der Waals surface area (Å²) < 4.78 is 14.4. The molecule has 0 fully saturated rings. The SMILES string of the molecule is CN(C1=C(Sc2ccc(Cl)cc2)C(=O)N(c2ccccc2F)C1=O)c1ccccc1. The Morgan fingerprint density at radius 2 is 1.50 bits per heavy atom. The standard InChI is InChI=1S/C23H16ClFN2O2S/c1-26(16-7-3-2-4-8-16)20-21(30-17-13-11-15(24)12-14-17)23(29)27(22(20)28)19-10-6-5-9-18(19)25/h2-14H,1H3. The van der Waals surface area contributed by atoms with Crippen molar-refractivity contribution in [3.05, 3.63) is 100 Å². The Morgan fingerprint density at radius 1 is 0.867 bits per heavy atom. The maximum absolute atomic E-state index is 14.4. The first-order chi connectivity index (χ1) is 14.5. The topological polar surface area (TPSA) is 40.6 Å². The number of anilines is 2. The zero-order valence-corrected chi connectivity index (χ0v) is 17.5. The van der Waals surface area contributed by atoms with Crippen LogP contribution < -0.4 is 9.80 Å². The summed E-state index contributed by atoms with van der Waals surface area (Å²) in [7, 11) is 1.71. The molecule has 4 rings (SSSR count). The minimum absolute atomic E-state index is 0.0711. The molecule has 0 radical (unpaired) electrons. The molecule has 0 saturated heterocycles. The summed E-state index contributed by atoms with van der Waals surface area (Å²) in [6.45, 7) is 0. The molecule has 3 aromatic carbocycles. The van der Waals surface area contributed by atoms with Gasteiger partial charge in [-0.3, -0.25) is 9.59 Å². The predicted molar refractivity (Wildman–Crippen MR) is 118 cm³/mol. The van der Waals surface area contributed by atoms with E-state index >= 15 is 0 Å². The van der Waals surface area contributed by atoms with Crippen molar-refractivity contribution in [2.45, 2.75) is 4.90 Å². The van der Waals surface area contributed by atoms with Crippen LogP contribution >= 0.6 is 23.4 Å². The lowest BCUT2D eigenvalue weighted by Crippen LogP contribution is -2.34. The van der Waals surface area contributed by atoms with Crippen molar-refractivity contribution in [3.63, 3.8) is 0 Å². The molecule has 7 heteroatoms. The molecule has 1 aliphatic heterocycles. The summed E-state index contributed by atoms with van der Waals surface area (Å²) >= 11 is 7.11. The number of halogens is 2. The summed E-state index contributed by atoms with van der Waals surface area (Å²) in [5, 5.41) is 0.566. The van der Waals surface area contributed by atoms with Gasteiger partial charge >= 0.3 is 0 Å². The third-order valence-electron chi connectivity index (χ3n) is 4.62. The van der Waals surface area contributed by atoms with Crippen LogP contribution in [0.3, 0.4) is 0 Å². The maximum atomic E-state index is 14.4. The van der Waals surface area contributed by atoms with Crippen molar-refractivity contribution in [2.75, 3.05) is 16.8 Å². The summed E-state index contributed by atoms with van der Waals surface area (Å²) in [5.41, 5.74) is 0.853. The zero-order chi connectivity index (χ0) is 21.3. The van der Waals surface area contributed by atoms with Gasteiger partial charge in [0.25, 0.3) is 11.8 Å². The van der Waals surface area contributed by atoms with Gasteiger partial charge in [-0.1, -0.05) is 53.7 Å². The summed E-state index contributed by atoms with van der Waals surface area (Å²) in [5.74, 6) is -1.78. The van der Waals surface area contributed by atoms with E-state index in [4.69, 9.17) is 11.6 Å². The van der Waals surface area contributed by atoms with Crippen LogP contribution in [0.1, 0.15) is 0 Å². The van der Waals surface area contributed by atoms with Crippen molar-refractivity contribution in [1.82, 2.24) is 0 Å². The second-order valence-electron chi connectivity index (χ2n) is 6.53. The van der Waals surface area contributed by atoms with Crippen molar-refractivity contribution in [2.24, 2.45) is 0 Å². The molecule has 0 atom stereocenters. The van der Waals surface area contributed by atoms with Gasteiger partial charge in [0, 0.05) is 22.7 Å². The Kier molecular flexibility index (Phi) is 5.61. The van der Waals surface area contributed by atoms with Gasteiger partial charge in [-0.25, -0.2) is 9.29 Å². The number of carbonyl (C=O) groups is 2. The van der Waals surface area contributed by atoms with Gasteiger partial charge in [0.15, 0.2) is 0 Å². The number of hydrogen-bond acceptors (Lipinski definition) is 4. The van der Waals surface area contributed by atoms with E-state index in [1.54, 1.807) is 42.3 Å². The van der Waals surface area contributed by atoms with Crippen LogP contribution in [-0.4, -0.2) is 18.9 Å². The van der Waals surface area contributed by atoms with Crippen molar-refractivity contribution in [1.29, 1.82) is 0 Å². The lowest BCUT2D eigenvalue weighted by molar-refractivity contribution is -0.120. The second kappa shape index (κ2) is 8.34. The number of para-hydroxylation sites is 2. The van der Waals surface area contributed by atoms with Gasteiger partial charge in [-0.2, -0.15) is 0 Å². The smallest absolute Gasteiger partial charge is 0.283 e. The third kappa shape index (κ3) is 3.72. The van der Waals surface area contributed by atoms with Crippen LogP contribution in [0.2, 0.25) is 5.02 Å². The molecule has 1 heterocycles. The molecule has 150 valence electrons. The van der Waals surface area contributed by atoms with Crippen LogP contribution in [0.4, 0.5) is 15.8 Å². The molecule has 0 aromatic heterocycles. The normalized spacial score (nSPS) is 13.9. The first-order valence-corrected chi connectivity index (χ1v) is 10.3. The number of likely N-dealkylation sites (N-methyl/N-ethyl adjacent to an activating group) is 1. The molecule has 0 spiro atoms. The minimum atomic E-state index is -0.640. The fraction of sp³-hybridized carbons (Fsp3) is 0.0435. The van der Waals surface area contributed by atoms with Gasteiger partial charge < -0.3 is 4.90 Å². The van der Waals surface area contributed by atoms with E-state index in [-0.39, 0.29) is 16.3 Å². The lowest BCUT2D eigenvalue weighted by Gasteiger charge is -2.21. The fourth-order valence-electron chi connectivity index (χ4n) is 3.14. The quantitative estimate of drug-likeness (QED) is 0.494. The van der Waals surface area contributed by atoms with E-state index in [2.05, 4.69) is 0 Å². The predicted octanol–water partition coefficient (Wildman–Crippen LogP) is 5.49. The third-order valence-corrected chi connectivity index (χ3v) is 5.96. The Balaban J connectivity index is 1.81. The summed E-state index contributed by atoms with van der Waals surface area (Å²) in [4.78, 5) is 30.1. The molecular formula is C23H16ClFN2O2S. The number of nitrogens with zero attached hydrogens (tertiary/aromatic N) is 2. The van der Waals surface area contributed by atoms with E-state index in [0.29, 0.717) is 5.02 Å². The average Bonchev–Trinajstić information content (AvgIpc) is 3.00. The Hall–Kier alpha value is -3.09. The first-order valence-electron chi connectivity index (χ1n) is 9.07. The molecule has 0 unspecified atom stereocenters. The Labute approximate surface area is 182 Å². The fourth-order valence-corrected chi connectivity index (χ4v) is 4.27. The number of thioether (sulfide) groups is 1. The van der Waals surface area contributed by atoms with E-state index < -0.39 is 17.6 Å².